The molecule has 35 heavy (non-hydrogen) atoms. The predicted octanol–water partition coefficient (Wildman–Crippen LogP) is 3.70. The Labute approximate surface area is 203 Å². The highest BCUT2D eigenvalue weighted by Gasteiger charge is 2.22. The zero-order valence-electron chi connectivity index (χ0n) is 19.8. The van der Waals surface area contributed by atoms with Crippen LogP contribution in [0.15, 0.2) is 54.6 Å². The zero-order chi connectivity index (χ0) is 24.8. The lowest BCUT2D eigenvalue weighted by Gasteiger charge is -2.26. The minimum Gasteiger partial charge on any atom is -0.490 e. The smallest absolute Gasteiger partial charge is 0.311 e. The minimum atomic E-state index is -0.490. The van der Waals surface area contributed by atoms with Crippen LogP contribution in [0.25, 0.3) is 22.4 Å². The maximum absolute atomic E-state index is 13.3. The first-order valence-electron chi connectivity index (χ1n) is 11.5. The summed E-state index contributed by atoms with van der Waals surface area (Å²) in [6.07, 6.45) is 0. The monoisotopic (exact) mass is 476 g/mol. The Bertz CT molecular complexity index is 1210. The van der Waals surface area contributed by atoms with Gasteiger partial charge in [0.25, 0.3) is 5.91 Å². The van der Waals surface area contributed by atoms with E-state index in [9.17, 15) is 14.9 Å². The van der Waals surface area contributed by atoms with Crippen molar-refractivity contribution < 1.29 is 19.2 Å². The van der Waals surface area contributed by atoms with Crippen molar-refractivity contribution in [2.75, 3.05) is 46.5 Å². The number of hydrogen-bond acceptors (Lipinski definition) is 7. The van der Waals surface area contributed by atoms with Gasteiger partial charge in [-0.3, -0.25) is 24.8 Å². The van der Waals surface area contributed by atoms with Crippen LogP contribution in [0.3, 0.4) is 0 Å². The highest BCUT2D eigenvalue weighted by Crippen LogP contribution is 2.36. The van der Waals surface area contributed by atoms with Gasteiger partial charge in [0.1, 0.15) is 0 Å². The summed E-state index contributed by atoms with van der Waals surface area (Å²) >= 11 is 0. The molecule has 0 spiro atoms. The van der Waals surface area contributed by atoms with Crippen LogP contribution in [0.5, 0.6) is 5.75 Å². The van der Waals surface area contributed by atoms with Crippen LogP contribution in [-0.2, 0) is 4.74 Å². The quantitative estimate of drug-likeness (QED) is 0.390. The number of benzene rings is 2. The molecule has 0 unspecified atom stereocenters. The van der Waals surface area contributed by atoms with Crippen molar-refractivity contribution in [3.05, 3.63) is 76.0 Å². The predicted molar refractivity (Wildman–Crippen MR) is 133 cm³/mol. The van der Waals surface area contributed by atoms with Crippen molar-refractivity contribution >= 4 is 11.6 Å². The number of methoxy groups -OCH3 is 1. The first-order chi connectivity index (χ1) is 17.0. The summed E-state index contributed by atoms with van der Waals surface area (Å²) in [6.45, 7) is 6.03. The molecular formula is C26H28N4O5. The van der Waals surface area contributed by atoms with E-state index in [1.165, 1.54) is 13.2 Å². The van der Waals surface area contributed by atoms with Crippen LogP contribution in [0, 0.1) is 17.0 Å². The Hall–Kier alpha value is -3.82. The number of aryl methyl sites for hydroxylation is 1. The van der Waals surface area contributed by atoms with Crippen molar-refractivity contribution in [3.8, 4) is 28.1 Å². The van der Waals surface area contributed by atoms with Gasteiger partial charge in [0.2, 0.25) is 0 Å². The third-order valence-corrected chi connectivity index (χ3v) is 6.00. The summed E-state index contributed by atoms with van der Waals surface area (Å²) < 4.78 is 10.5. The van der Waals surface area contributed by atoms with Gasteiger partial charge < -0.3 is 14.8 Å². The van der Waals surface area contributed by atoms with Gasteiger partial charge in [-0.05, 0) is 30.2 Å². The molecule has 1 saturated heterocycles. The second kappa shape index (κ2) is 11.1. The van der Waals surface area contributed by atoms with E-state index < -0.39 is 4.92 Å². The standard InChI is InChI=1S/C26H28N4O5/c1-18-25(26(31)27-10-11-29-12-14-35-15-13-29)21(17-22(28-18)19-6-4-3-5-7-19)20-8-9-24(34-2)23(16-20)30(32)33/h3-9,16-17H,10-15H2,1-2H3,(H,27,31). The second-order valence-corrected chi connectivity index (χ2v) is 8.24. The number of hydrogen-bond donors (Lipinski definition) is 1. The van der Waals surface area contributed by atoms with Gasteiger partial charge in [-0.2, -0.15) is 0 Å². The number of nitrogens with zero attached hydrogens (tertiary/aromatic N) is 3. The summed E-state index contributed by atoms with van der Waals surface area (Å²) in [5, 5.41) is 14.6. The number of aromatic nitrogens is 1. The van der Waals surface area contributed by atoms with Gasteiger partial charge in [-0.15, -0.1) is 0 Å². The van der Waals surface area contributed by atoms with Crippen LogP contribution in [-0.4, -0.2) is 67.2 Å². The zero-order valence-corrected chi connectivity index (χ0v) is 19.8. The molecule has 0 bridgehead atoms. The largest absolute Gasteiger partial charge is 0.490 e. The molecule has 1 N–H and O–H groups in total. The first-order valence-corrected chi connectivity index (χ1v) is 11.5. The maximum atomic E-state index is 13.3. The fraction of sp³-hybridized carbons (Fsp3) is 0.308. The highest BCUT2D eigenvalue weighted by molar-refractivity contribution is 6.02. The van der Waals surface area contributed by atoms with Crippen molar-refractivity contribution in [1.82, 2.24) is 15.2 Å². The molecule has 0 radical (unpaired) electrons. The molecule has 1 amide bonds. The first kappa shape index (κ1) is 24.3. The third-order valence-electron chi connectivity index (χ3n) is 6.00. The van der Waals surface area contributed by atoms with Crippen molar-refractivity contribution in [2.45, 2.75) is 6.92 Å². The Morgan fingerprint density at radius 3 is 2.57 bits per heavy atom. The number of nitrogens with one attached hydrogen (secondary N) is 1. The average molecular weight is 477 g/mol. The summed E-state index contributed by atoms with van der Waals surface area (Å²) in [7, 11) is 1.39. The fourth-order valence-electron chi connectivity index (χ4n) is 4.18. The molecular weight excluding hydrogens is 448 g/mol. The Morgan fingerprint density at radius 1 is 1.14 bits per heavy atom. The van der Waals surface area contributed by atoms with Crippen molar-refractivity contribution in [3.63, 3.8) is 0 Å². The number of ether oxygens (including phenoxy) is 2. The van der Waals surface area contributed by atoms with Gasteiger partial charge >= 0.3 is 5.69 Å². The van der Waals surface area contributed by atoms with E-state index in [0.29, 0.717) is 54.4 Å². The number of amides is 1. The summed E-state index contributed by atoms with van der Waals surface area (Å²) in [5.41, 5.74) is 3.46. The number of nitro benzene ring substituents is 1. The summed E-state index contributed by atoms with van der Waals surface area (Å²) in [6, 6.07) is 16.1. The highest BCUT2D eigenvalue weighted by atomic mass is 16.6. The Kier molecular flexibility index (Phi) is 7.69. The van der Waals surface area contributed by atoms with E-state index in [-0.39, 0.29) is 17.3 Å². The lowest BCUT2D eigenvalue weighted by molar-refractivity contribution is -0.385. The molecule has 2 aromatic carbocycles. The molecule has 9 nitrogen and oxygen atoms in total. The number of morpholine rings is 1. The van der Waals surface area contributed by atoms with Crippen LogP contribution in [0.1, 0.15) is 16.1 Å². The van der Waals surface area contributed by atoms with Gasteiger partial charge in [-0.25, -0.2) is 0 Å². The number of pyridine rings is 1. The lowest BCUT2D eigenvalue weighted by Crippen LogP contribution is -2.41. The topological polar surface area (TPSA) is 107 Å². The molecule has 1 fully saturated rings. The molecule has 182 valence electrons. The van der Waals surface area contributed by atoms with E-state index >= 15 is 0 Å². The Balaban J connectivity index is 1.72. The molecule has 1 aromatic heterocycles. The van der Waals surface area contributed by atoms with Gasteiger partial charge in [0, 0.05) is 37.8 Å². The van der Waals surface area contributed by atoms with Crippen LogP contribution in [0.2, 0.25) is 0 Å². The Morgan fingerprint density at radius 2 is 1.89 bits per heavy atom. The SMILES string of the molecule is COc1ccc(-c2cc(-c3ccccc3)nc(C)c2C(=O)NCCN2CCOCC2)cc1[N+](=O)[O-]. The molecule has 9 heteroatoms. The molecule has 0 atom stereocenters. The van der Waals surface area contributed by atoms with Crippen LogP contribution >= 0.6 is 0 Å². The van der Waals surface area contributed by atoms with Crippen molar-refractivity contribution in [2.24, 2.45) is 0 Å². The van der Waals surface area contributed by atoms with Crippen LogP contribution < -0.4 is 10.1 Å². The van der Waals surface area contributed by atoms with Crippen LogP contribution in [0.4, 0.5) is 5.69 Å². The van der Waals surface area contributed by atoms with E-state index in [4.69, 9.17) is 14.5 Å². The lowest BCUT2D eigenvalue weighted by atomic mass is 9.95. The molecule has 0 saturated carbocycles. The van der Waals surface area contributed by atoms with E-state index in [1.54, 1.807) is 19.1 Å². The second-order valence-electron chi connectivity index (χ2n) is 8.24. The average Bonchev–Trinajstić information content (AvgIpc) is 2.88. The van der Waals surface area contributed by atoms with Crippen molar-refractivity contribution in [1.29, 1.82) is 0 Å². The molecule has 1 aliphatic heterocycles. The summed E-state index contributed by atoms with van der Waals surface area (Å²) in [4.78, 5) is 31.4. The number of nitro groups is 1. The third kappa shape index (κ3) is 5.64. The normalized spacial score (nSPS) is 13.9. The van der Waals surface area contributed by atoms with Gasteiger partial charge in [-0.1, -0.05) is 36.4 Å². The number of rotatable bonds is 8. The van der Waals surface area contributed by atoms with E-state index in [0.717, 1.165) is 18.7 Å². The molecule has 2 heterocycles. The maximum Gasteiger partial charge on any atom is 0.311 e. The number of carbonyl (C=O) groups excluding carboxylic acids is 1. The molecule has 1 aliphatic rings. The van der Waals surface area contributed by atoms with Gasteiger partial charge in [0.05, 0.1) is 42.2 Å². The molecule has 4 rings (SSSR count). The minimum absolute atomic E-state index is 0.157. The van der Waals surface area contributed by atoms with Gasteiger partial charge in [0.15, 0.2) is 5.75 Å². The molecule has 3 aromatic rings. The fourth-order valence-corrected chi connectivity index (χ4v) is 4.18. The van der Waals surface area contributed by atoms with E-state index in [2.05, 4.69) is 10.2 Å². The molecule has 0 aliphatic carbocycles. The number of carbonyl (C=O) groups is 1. The van der Waals surface area contributed by atoms with E-state index in [1.807, 2.05) is 36.4 Å². The summed E-state index contributed by atoms with van der Waals surface area (Å²) in [5.74, 6) is -0.110.